The lowest BCUT2D eigenvalue weighted by molar-refractivity contribution is -0.123. The van der Waals surface area contributed by atoms with Crippen molar-refractivity contribution < 1.29 is 23.8 Å². The number of amides is 1. The van der Waals surface area contributed by atoms with E-state index in [1.165, 1.54) is 42.1 Å². The zero-order valence-corrected chi connectivity index (χ0v) is 20.7. The van der Waals surface area contributed by atoms with Crippen LogP contribution >= 0.6 is 11.8 Å². The van der Waals surface area contributed by atoms with E-state index in [0.717, 1.165) is 22.9 Å². The van der Waals surface area contributed by atoms with Crippen LogP contribution < -0.4 is 4.90 Å². The summed E-state index contributed by atoms with van der Waals surface area (Å²) >= 11 is 1.35. The Bertz CT molecular complexity index is 1430. The average Bonchev–Trinajstić information content (AvgIpc) is 2.88. The second-order valence-corrected chi connectivity index (χ2v) is 10.1. The lowest BCUT2D eigenvalue weighted by Gasteiger charge is -2.47. The molecule has 0 radical (unpaired) electrons. The number of aryl methyl sites for hydroxylation is 1. The molecule has 4 aromatic rings. The van der Waals surface area contributed by atoms with Crippen molar-refractivity contribution in [2.45, 2.75) is 24.3 Å². The molecule has 1 aliphatic heterocycles. The van der Waals surface area contributed by atoms with E-state index in [1.807, 2.05) is 37.3 Å². The fourth-order valence-electron chi connectivity index (χ4n) is 4.57. The Morgan fingerprint density at radius 2 is 1.68 bits per heavy atom. The van der Waals surface area contributed by atoms with Crippen LogP contribution in [0.1, 0.15) is 28.8 Å². The van der Waals surface area contributed by atoms with Gasteiger partial charge in [-0.25, -0.2) is 8.78 Å². The summed E-state index contributed by atoms with van der Waals surface area (Å²) in [6, 6.07) is 19.1. The van der Waals surface area contributed by atoms with Crippen molar-refractivity contribution in [3.8, 4) is 16.9 Å². The number of benzene rings is 3. The number of hydrogen-bond donors (Lipinski definition) is 2. The maximum absolute atomic E-state index is 13.6. The summed E-state index contributed by atoms with van der Waals surface area (Å²) in [4.78, 5) is 19.0. The highest BCUT2D eigenvalue weighted by molar-refractivity contribution is 8.00. The third-order valence-corrected chi connectivity index (χ3v) is 7.82. The van der Waals surface area contributed by atoms with E-state index in [1.54, 1.807) is 23.2 Å². The monoisotopic (exact) mass is 518 g/mol. The van der Waals surface area contributed by atoms with E-state index in [4.69, 9.17) is 0 Å². The molecule has 2 heterocycles. The summed E-state index contributed by atoms with van der Waals surface area (Å²) in [5.74, 6) is -0.507. The molecule has 2 N–H and O–H groups in total. The number of anilines is 1. The number of phenols is 1. The van der Waals surface area contributed by atoms with Gasteiger partial charge < -0.3 is 15.1 Å². The van der Waals surface area contributed by atoms with E-state index >= 15 is 0 Å². The van der Waals surface area contributed by atoms with E-state index in [9.17, 15) is 23.8 Å². The van der Waals surface area contributed by atoms with Crippen molar-refractivity contribution in [3.63, 3.8) is 0 Å². The summed E-state index contributed by atoms with van der Waals surface area (Å²) < 4.78 is 26.9. The minimum absolute atomic E-state index is 0.103. The number of halogens is 2. The molecule has 1 amide bonds. The third kappa shape index (κ3) is 5.08. The molecule has 0 aliphatic carbocycles. The average molecular weight is 519 g/mol. The molecule has 8 heteroatoms. The Labute approximate surface area is 217 Å². The van der Waals surface area contributed by atoms with E-state index < -0.39 is 17.2 Å². The molecule has 3 atom stereocenters. The highest BCUT2D eigenvalue weighted by Crippen LogP contribution is 2.47. The van der Waals surface area contributed by atoms with Gasteiger partial charge in [0.05, 0.1) is 18.3 Å². The summed E-state index contributed by atoms with van der Waals surface area (Å²) in [6.45, 7) is 1.88. The second-order valence-electron chi connectivity index (χ2n) is 8.95. The number of aromatic nitrogens is 1. The fourth-order valence-corrected chi connectivity index (χ4v) is 5.86. The highest BCUT2D eigenvalue weighted by atomic mass is 32.2. The quantitative estimate of drug-likeness (QED) is 0.295. The molecule has 1 aromatic heterocycles. The van der Waals surface area contributed by atoms with Gasteiger partial charge in [0.15, 0.2) is 0 Å². The van der Waals surface area contributed by atoms with Gasteiger partial charge in [-0.15, -0.1) is 11.8 Å². The number of nitrogens with zero attached hydrogens (tertiary/aromatic N) is 2. The van der Waals surface area contributed by atoms with Gasteiger partial charge in [0.1, 0.15) is 22.6 Å². The number of aromatic hydroxyl groups is 1. The van der Waals surface area contributed by atoms with Crippen LogP contribution in [0, 0.1) is 18.6 Å². The number of β-lactam (4-membered cyclic amide) rings is 1. The van der Waals surface area contributed by atoms with Crippen molar-refractivity contribution in [3.05, 3.63) is 114 Å². The number of pyridine rings is 1. The van der Waals surface area contributed by atoms with Gasteiger partial charge in [0, 0.05) is 23.2 Å². The van der Waals surface area contributed by atoms with E-state index in [2.05, 4.69) is 4.98 Å². The minimum atomic E-state index is -0.854. The van der Waals surface area contributed by atoms with Gasteiger partial charge in [-0.3, -0.25) is 9.78 Å². The molecule has 5 nitrogen and oxygen atoms in total. The van der Waals surface area contributed by atoms with Gasteiger partial charge in [0.2, 0.25) is 5.91 Å². The van der Waals surface area contributed by atoms with Crippen LogP contribution in [-0.4, -0.2) is 32.1 Å². The van der Waals surface area contributed by atoms with Crippen molar-refractivity contribution in [1.29, 1.82) is 0 Å². The van der Waals surface area contributed by atoms with E-state index in [0.29, 0.717) is 16.8 Å². The molecule has 0 spiro atoms. The summed E-state index contributed by atoms with van der Waals surface area (Å²) in [5.41, 5.74) is 4.41. The number of thioether (sulfide) groups is 1. The Morgan fingerprint density at radius 1 is 0.946 bits per heavy atom. The summed E-state index contributed by atoms with van der Waals surface area (Å²) in [5, 5.41) is 20.1. The second kappa shape index (κ2) is 10.3. The predicted octanol–water partition coefficient (Wildman–Crippen LogP) is 5.96. The van der Waals surface area contributed by atoms with E-state index in [-0.39, 0.29) is 29.3 Å². The van der Waals surface area contributed by atoms with Gasteiger partial charge in [-0.05, 0) is 71.6 Å². The van der Waals surface area contributed by atoms with Crippen LogP contribution in [0.5, 0.6) is 5.75 Å². The van der Waals surface area contributed by atoms with Crippen LogP contribution in [0.3, 0.4) is 0 Å². The van der Waals surface area contributed by atoms with Gasteiger partial charge >= 0.3 is 0 Å². The zero-order valence-electron chi connectivity index (χ0n) is 19.9. The highest BCUT2D eigenvalue weighted by Gasteiger charge is 2.49. The van der Waals surface area contributed by atoms with Crippen molar-refractivity contribution in [2.75, 3.05) is 10.7 Å². The number of hydrogen-bond acceptors (Lipinski definition) is 5. The molecule has 1 fully saturated rings. The zero-order chi connectivity index (χ0) is 26.1. The number of aliphatic hydroxyl groups excluding tert-OH is 1. The fraction of sp³-hybridized carbons (Fsp3) is 0.172. The molecule has 0 saturated carbocycles. The van der Waals surface area contributed by atoms with Crippen molar-refractivity contribution in [1.82, 2.24) is 4.98 Å². The maximum atomic E-state index is 13.6. The molecule has 188 valence electrons. The van der Waals surface area contributed by atoms with Gasteiger partial charge in [-0.2, -0.15) is 0 Å². The lowest BCUT2D eigenvalue weighted by atomic mass is 9.89. The molecule has 1 saturated heterocycles. The van der Waals surface area contributed by atoms with Crippen LogP contribution in [0.25, 0.3) is 11.1 Å². The summed E-state index contributed by atoms with van der Waals surface area (Å²) in [7, 11) is 0. The predicted molar refractivity (Wildman–Crippen MR) is 140 cm³/mol. The van der Waals surface area contributed by atoms with Crippen molar-refractivity contribution >= 4 is 23.4 Å². The first kappa shape index (κ1) is 24.9. The Hall–Kier alpha value is -3.75. The normalized spacial score (nSPS) is 17.9. The standard InChI is InChI=1S/C29H24F2N2O3S/c1-17-12-24(34)10-11-25(17)27-28(37-16-26(35)19-2-6-21(30)7-3-19)29(36)33(27)23-8-4-18(5-9-23)20-13-22(31)15-32-14-20/h2-15,26-28,34-35H,16H2,1H3/t26-,27+,28+/m0/s1. The smallest absolute Gasteiger partial charge is 0.243 e. The molecule has 0 bridgehead atoms. The molecule has 3 aromatic carbocycles. The first-order valence-corrected chi connectivity index (χ1v) is 12.8. The molecule has 1 aliphatic rings. The first-order valence-electron chi connectivity index (χ1n) is 11.7. The Morgan fingerprint density at radius 3 is 2.35 bits per heavy atom. The number of rotatable bonds is 7. The number of phenolic OH excluding ortho intramolecular Hbond substituents is 1. The van der Waals surface area contributed by atoms with Crippen molar-refractivity contribution in [2.24, 2.45) is 0 Å². The molecular weight excluding hydrogens is 494 g/mol. The SMILES string of the molecule is Cc1cc(O)ccc1[C@@H]1[C@@H](SC[C@H](O)c2ccc(F)cc2)C(=O)N1c1ccc(-c2cncc(F)c2)cc1. The molecule has 37 heavy (non-hydrogen) atoms. The van der Waals surface area contributed by atoms with Crippen LogP contribution in [-0.2, 0) is 4.79 Å². The van der Waals surface area contributed by atoms with Crippen LogP contribution in [0.15, 0.2) is 85.2 Å². The Kier molecular flexibility index (Phi) is 6.95. The number of carbonyl (C=O) groups is 1. The topological polar surface area (TPSA) is 73.7 Å². The number of aliphatic hydroxyl groups is 1. The molecular formula is C29H24F2N2O3S. The van der Waals surface area contributed by atoms with Crippen LogP contribution in [0.4, 0.5) is 14.5 Å². The van der Waals surface area contributed by atoms with Gasteiger partial charge in [0.25, 0.3) is 0 Å². The lowest BCUT2D eigenvalue weighted by Crippen LogP contribution is -2.58. The van der Waals surface area contributed by atoms with Crippen LogP contribution in [0.2, 0.25) is 0 Å². The molecule has 0 unspecified atom stereocenters. The summed E-state index contributed by atoms with van der Waals surface area (Å²) in [6.07, 6.45) is 1.87. The number of carbonyl (C=O) groups excluding carboxylic acids is 1. The minimum Gasteiger partial charge on any atom is -0.508 e. The third-order valence-electron chi connectivity index (χ3n) is 6.49. The largest absolute Gasteiger partial charge is 0.508 e. The Balaban J connectivity index is 1.40. The van der Waals surface area contributed by atoms with Gasteiger partial charge in [-0.1, -0.05) is 30.3 Å². The maximum Gasteiger partial charge on any atom is 0.243 e. The molecule has 5 rings (SSSR count). The first-order chi connectivity index (χ1) is 17.8.